The van der Waals surface area contributed by atoms with Crippen LogP contribution in [0.2, 0.25) is 0 Å². The smallest absolute Gasteiger partial charge is 0.411 e. The molecule has 0 unspecified atom stereocenters. The molecule has 0 fully saturated rings. The summed E-state index contributed by atoms with van der Waals surface area (Å²) in [6, 6.07) is 3.74. The fourth-order valence-corrected chi connectivity index (χ4v) is 1.19. The number of nitrogens with zero attached hydrogens (tertiary/aromatic N) is 1. The maximum Gasteiger partial charge on any atom is 0.411 e. The number of anilines is 1. The number of benzene rings is 1. The van der Waals surface area contributed by atoms with Gasteiger partial charge in [-0.15, -0.1) is 0 Å². The minimum atomic E-state index is -0.750. The Balaban J connectivity index is 2.83. The summed E-state index contributed by atoms with van der Waals surface area (Å²) in [4.78, 5) is 11.3. The van der Waals surface area contributed by atoms with Crippen molar-refractivity contribution in [3.8, 4) is 0 Å². The maximum absolute atomic E-state index is 13.6. The van der Waals surface area contributed by atoms with Gasteiger partial charge >= 0.3 is 6.09 Å². The SMILES string of the molecule is CC(C)OC(=O)Nc1ccc(/C(N)=N/O)cc1F. The van der Waals surface area contributed by atoms with Gasteiger partial charge in [-0.1, -0.05) is 5.16 Å². The molecule has 0 saturated carbocycles. The summed E-state index contributed by atoms with van der Waals surface area (Å²) in [6.07, 6.45) is -1.05. The zero-order valence-corrected chi connectivity index (χ0v) is 9.98. The molecular formula is C11H14FN3O3. The van der Waals surface area contributed by atoms with E-state index in [0.717, 1.165) is 6.07 Å². The van der Waals surface area contributed by atoms with Crippen LogP contribution >= 0.6 is 0 Å². The summed E-state index contributed by atoms with van der Waals surface area (Å²) in [5.41, 5.74) is 5.46. The minimum Gasteiger partial charge on any atom is -0.447 e. The van der Waals surface area contributed by atoms with Gasteiger partial charge in [0.1, 0.15) is 5.82 Å². The number of carbonyl (C=O) groups excluding carboxylic acids is 1. The van der Waals surface area contributed by atoms with Crippen molar-refractivity contribution in [2.75, 3.05) is 5.32 Å². The maximum atomic E-state index is 13.6. The second-order valence-corrected chi connectivity index (χ2v) is 3.76. The highest BCUT2D eigenvalue weighted by atomic mass is 19.1. The molecule has 1 amide bonds. The average Bonchev–Trinajstić information content (AvgIpc) is 2.29. The lowest BCUT2D eigenvalue weighted by molar-refractivity contribution is 0.130. The van der Waals surface area contributed by atoms with E-state index in [1.807, 2.05) is 0 Å². The fraction of sp³-hybridized carbons (Fsp3) is 0.273. The number of amides is 1. The number of oxime groups is 1. The quantitative estimate of drug-likeness (QED) is 0.332. The molecule has 0 atom stereocenters. The van der Waals surface area contributed by atoms with Crippen molar-refractivity contribution in [2.45, 2.75) is 20.0 Å². The molecule has 7 heteroatoms. The van der Waals surface area contributed by atoms with Crippen molar-refractivity contribution in [1.82, 2.24) is 0 Å². The van der Waals surface area contributed by atoms with E-state index in [-0.39, 0.29) is 23.2 Å². The van der Waals surface area contributed by atoms with Crippen LogP contribution in [0.1, 0.15) is 19.4 Å². The number of nitrogens with two attached hydrogens (primary N) is 1. The molecular weight excluding hydrogens is 241 g/mol. The molecule has 0 radical (unpaired) electrons. The number of rotatable bonds is 3. The van der Waals surface area contributed by atoms with Gasteiger partial charge in [0.05, 0.1) is 11.8 Å². The van der Waals surface area contributed by atoms with E-state index in [9.17, 15) is 9.18 Å². The lowest BCUT2D eigenvalue weighted by atomic mass is 10.2. The third-order valence-electron chi connectivity index (χ3n) is 1.95. The Morgan fingerprint density at radius 1 is 1.56 bits per heavy atom. The average molecular weight is 255 g/mol. The molecule has 0 aliphatic heterocycles. The number of ether oxygens (including phenoxy) is 1. The van der Waals surface area contributed by atoms with Gasteiger partial charge in [-0.25, -0.2) is 9.18 Å². The Kier molecular flexibility index (Phi) is 4.47. The molecule has 0 heterocycles. The molecule has 1 rings (SSSR count). The van der Waals surface area contributed by atoms with Crippen molar-refractivity contribution < 1.29 is 19.1 Å². The molecule has 0 aliphatic rings. The molecule has 1 aromatic carbocycles. The largest absolute Gasteiger partial charge is 0.447 e. The van der Waals surface area contributed by atoms with Gasteiger partial charge in [0, 0.05) is 5.56 Å². The summed E-state index contributed by atoms with van der Waals surface area (Å²) in [5.74, 6) is -0.926. The van der Waals surface area contributed by atoms with Gasteiger partial charge < -0.3 is 15.7 Å². The Morgan fingerprint density at radius 2 is 2.22 bits per heavy atom. The van der Waals surface area contributed by atoms with Crippen LogP contribution in [-0.2, 0) is 4.74 Å². The van der Waals surface area contributed by atoms with Crippen LogP contribution in [-0.4, -0.2) is 23.2 Å². The summed E-state index contributed by atoms with van der Waals surface area (Å²) < 4.78 is 18.4. The van der Waals surface area contributed by atoms with E-state index in [2.05, 4.69) is 10.5 Å². The highest BCUT2D eigenvalue weighted by Gasteiger charge is 2.11. The van der Waals surface area contributed by atoms with Crippen LogP contribution in [0.3, 0.4) is 0 Å². The van der Waals surface area contributed by atoms with Gasteiger partial charge in [-0.3, -0.25) is 5.32 Å². The van der Waals surface area contributed by atoms with Crippen LogP contribution in [0.5, 0.6) is 0 Å². The number of amidine groups is 1. The molecule has 0 aliphatic carbocycles. The van der Waals surface area contributed by atoms with Crippen molar-refractivity contribution in [2.24, 2.45) is 10.9 Å². The molecule has 6 nitrogen and oxygen atoms in total. The van der Waals surface area contributed by atoms with Crippen LogP contribution in [0.4, 0.5) is 14.9 Å². The Morgan fingerprint density at radius 3 is 2.72 bits per heavy atom. The van der Waals surface area contributed by atoms with Crippen LogP contribution in [0.25, 0.3) is 0 Å². The third kappa shape index (κ3) is 3.62. The second kappa shape index (κ2) is 5.85. The molecule has 98 valence electrons. The van der Waals surface area contributed by atoms with Crippen molar-refractivity contribution in [3.05, 3.63) is 29.6 Å². The number of carbonyl (C=O) groups is 1. The highest BCUT2D eigenvalue weighted by Crippen LogP contribution is 2.16. The fourth-order valence-electron chi connectivity index (χ4n) is 1.19. The Labute approximate surface area is 103 Å². The van der Waals surface area contributed by atoms with E-state index < -0.39 is 11.9 Å². The van der Waals surface area contributed by atoms with Crippen molar-refractivity contribution >= 4 is 17.6 Å². The van der Waals surface area contributed by atoms with Gasteiger partial charge in [0.15, 0.2) is 5.84 Å². The second-order valence-electron chi connectivity index (χ2n) is 3.76. The lowest BCUT2D eigenvalue weighted by Crippen LogP contribution is -2.19. The normalized spacial score (nSPS) is 11.4. The van der Waals surface area contributed by atoms with E-state index >= 15 is 0 Å². The molecule has 0 aromatic heterocycles. The summed E-state index contributed by atoms with van der Waals surface area (Å²) >= 11 is 0. The monoisotopic (exact) mass is 255 g/mol. The standard InChI is InChI=1S/C11H14FN3O3/c1-6(2)18-11(16)14-9-4-3-7(5-8(9)12)10(13)15-17/h3-6,17H,1-2H3,(H2,13,15)(H,14,16). The summed E-state index contributed by atoms with van der Waals surface area (Å²) in [5, 5.41) is 13.4. The molecule has 18 heavy (non-hydrogen) atoms. The number of nitrogens with one attached hydrogen (secondary N) is 1. The Bertz CT molecular complexity index is 475. The number of hydrogen-bond donors (Lipinski definition) is 3. The predicted octanol–water partition coefficient (Wildman–Crippen LogP) is 1.88. The zero-order chi connectivity index (χ0) is 13.7. The first-order valence-corrected chi connectivity index (χ1v) is 5.19. The van der Waals surface area contributed by atoms with Gasteiger partial charge in [-0.2, -0.15) is 0 Å². The lowest BCUT2D eigenvalue weighted by Gasteiger charge is -2.10. The van der Waals surface area contributed by atoms with Gasteiger partial charge in [-0.05, 0) is 32.0 Å². The summed E-state index contributed by atoms with van der Waals surface area (Å²) in [7, 11) is 0. The zero-order valence-electron chi connectivity index (χ0n) is 9.98. The molecule has 4 N–H and O–H groups in total. The van der Waals surface area contributed by atoms with Gasteiger partial charge in [0.25, 0.3) is 0 Å². The van der Waals surface area contributed by atoms with Crippen molar-refractivity contribution in [3.63, 3.8) is 0 Å². The van der Waals surface area contributed by atoms with E-state index in [1.165, 1.54) is 12.1 Å². The molecule has 1 aromatic rings. The Hall–Kier alpha value is -2.31. The first-order valence-electron chi connectivity index (χ1n) is 5.19. The number of hydrogen-bond acceptors (Lipinski definition) is 4. The number of halogens is 1. The molecule has 0 saturated heterocycles. The third-order valence-corrected chi connectivity index (χ3v) is 1.95. The van der Waals surface area contributed by atoms with E-state index in [4.69, 9.17) is 15.7 Å². The van der Waals surface area contributed by atoms with Crippen LogP contribution in [0, 0.1) is 5.82 Å². The summed E-state index contributed by atoms with van der Waals surface area (Å²) in [6.45, 7) is 3.36. The van der Waals surface area contributed by atoms with Crippen LogP contribution in [0.15, 0.2) is 23.4 Å². The first kappa shape index (κ1) is 13.8. The van der Waals surface area contributed by atoms with Crippen molar-refractivity contribution in [1.29, 1.82) is 0 Å². The van der Waals surface area contributed by atoms with Crippen LogP contribution < -0.4 is 11.1 Å². The van der Waals surface area contributed by atoms with Gasteiger partial charge in [0.2, 0.25) is 0 Å². The molecule has 0 bridgehead atoms. The minimum absolute atomic E-state index is 0.0462. The predicted molar refractivity (Wildman–Crippen MR) is 64.2 cm³/mol. The first-order chi connectivity index (χ1) is 8.43. The van der Waals surface area contributed by atoms with E-state index in [0.29, 0.717) is 0 Å². The highest BCUT2D eigenvalue weighted by molar-refractivity contribution is 5.97. The topological polar surface area (TPSA) is 96.9 Å². The van der Waals surface area contributed by atoms with E-state index in [1.54, 1.807) is 13.8 Å². The molecule has 0 spiro atoms.